The summed E-state index contributed by atoms with van der Waals surface area (Å²) in [4.78, 5) is 32.0. The van der Waals surface area contributed by atoms with Crippen LogP contribution >= 0.6 is 0 Å². The van der Waals surface area contributed by atoms with E-state index in [1.54, 1.807) is 18.6 Å². The maximum atomic E-state index is 12.7. The zero-order chi connectivity index (χ0) is 20.5. The molecular formula is C22H25N5O2. The van der Waals surface area contributed by atoms with E-state index in [1.165, 1.54) is 0 Å². The molecule has 3 heterocycles. The van der Waals surface area contributed by atoms with E-state index in [-0.39, 0.29) is 11.5 Å². The Balaban J connectivity index is 1.59. The number of rotatable bonds is 4. The van der Waals surface area contributed by atoms with Gasteiger partial charge in [-0.3, -0.25) is 19.3 Å². The van der Waals surface area contributed by atoms with Crippen LogP contribution in [0.2, 0.25) is 0 Å². The highest BCUT2D eigenvalue weighted by molar-refractivity contribution is 5.95. The molecule has 0 unspecified atom stereocenters. The van der Waals surface area contributed by atoms with E-state index in [0.29, 0.717) is 12.1 Å². The van der Waals surface area contributed by atoms with Gasteiger partial charge < -0.3 is 10.3 Å². The van der Waals surface area contributed by atoms with Crippen molar-refractivity contribution >= 4 is 5.91 Å². The fraction of sp³-hybridized carbons (Fsp3) is 0.364. The summed E-state index contributed by atoms with van der Waals surface area (Å²) in [5, 5.41) is 7.36. The molecule has 0 saturated heterocycles. The number of nitrogens with zero attached hydrogens (tertiary/aromatic N) is 3. The van der Waals surface area contributed by atoms with Gasteiger partial charge in [-0.05, 0) is 51.2 Å². The molecule has 0 saturated carbocycles. The monoisotopic (exact) mass is 391 g/mol. The van der Waals surface area contributed by atoms with Gasteiger partial charge in [0.2, 0.25) is 0 Å². The number of H-pyrrole nitrogens is 1. The summed E-state index contributed by atoms with van der Waals surface area (Å²) in [6.45, 7) is 4.35. The predicted molar refractivity (Wildman–Crippen MR) is 111 cm³/mol. The van der Waals surface area contributed by atoms with Gasteiger partial charge in [-0.1, -0.05) is 0 Å². The van der Waals surface area contributed by atoms with Crippen LogP contribution in [0.3, 0.4) is 0 Å². The molecule has 1 aliphatic carbocycles. The zero-order valence-corrected chi connectivity index (χ0v) is 17.0. The van der Waals surface area contributed by atoms with Gasteiger partial charge in [-0.2, -0.15) is 5.10 Å². The molecule has 150 valence electrons. The van der Waals surface area contributed by atoms with Crippen molar-refractivity contribution in [3.63, 3.8) is 0 Å². The van der Waals surface area contributed by atoms with Crippen molar-refractivity contribution in [1.82, 2.24) is 25.1 Å². The Labute approximate surface area is 169 Å². The van der Waals surface area contributed by atoms with Gasteiger partial charge in [-0.25, -0.2) is 0 Å². The van der Waals surface area contributed by atoms with Crippen LogP contribution in [0.5, 0.6) is 0 Å². The van der Waals surface area contributed by atoms with Crippen LogP contribution in [-0.2, 0) is 26.4 Å². The van der Waals surface area contributed by atoms with Gasteiger partial charge >= 0.3 is 0 Å². The molecular weight excluding hydrogens is 366 g/mol. The lowest BCUT2D eigenvalue weighted by atomic mass is 9.88. The van der Waals surface area contributed by atoms with Crippen molar-refractivity contribution in [3.8, 4) is 11.1 Å². The Morgan fingerprint density at radius 1 is 1.21 bits per heavy atom. The zero-order valence-electron chi connectivity index (χ0n) is 17.0. The fourth-order valence-electron chi connectivity index (χ4n) is 4.08. The average molecular weight is 391 g/mol. The Kier molecular flexibility index (Phi) is 5.05. The molecule has 0 atom stereocenters. The van der Waals surface area contributed by atoms with Crippen molar-refractivity contribution in [2.75, 3.05) is 0 Å². The second-order valence-electron chi connectivity index (χ2n) is 7.61. The maximum Gasteiger partial charge on any atom is 0.253 e. The number of aryl methyl sites for hydroxylation is 2. The number of aromatic amines is 1. The molecule has 7 heteroatoms. The lowest BCUT2D eigenvalue weighted by Crippen LogP contribution is -2.23. The molecule has 3 aromatic heterocycles. The van der Waals surface area contributed by atoms with E-state index < -0.39 is 0 Å². The Hall–Kier alpha value is -3.22. The Morgan fingerprint density at radius 2 is 1.97 bits per heavy atom. The first-order valence-corrected chi connectivity index (χ1v) is 9.92. The van der Waals surface area contributed by atoms with E-state index in [4.69, 9.17) is 0 Å². The van der Waals surface area contributed by atoms with Gasteiger partial charge in [0.05, 0.1) is 11.3 Å². The van der Waals surface area contributed by atoms with Gasteiger partial charge in [0, 0.05) is 60.1 Å². The van der Waals surface area contributed by atoms with Gasteiger partial charge in [0.25, 0.3) is 11.5 Å². The Bertz CT molecular complexity index is 1140. The molecule has 3 aromatic rings. The summed E-state index contributed by atoms with van der Waals surface area (Å²) in [5.74, 6) is -0.180. The number of carbonyl (C=O) groups is 1. The second kappa shape index (κ2) is 7.66. The van der Waals surface area contributed by atoms with E-state index in [0.717, 1.165) is 64.9 Å². The van der Waals surface area contributed by atoms with Crippen LogP contribution in [0.4, 0.5) is 0 Å². The third kappa shape index (κ3) is 3.60. The summed E-state index contributed by atoms with van der Waals surface area (Å²) >= 11 is 0. The normalized spacial score (nSPS) is 13.2. The van der Waals surface area contributed by atoms with Crippen LogP contribution in [0.25, 0.3) is 11.1 Å². The lowest BCUT2D eigenvalue weighted by Gasteiger charge is -2.18. The molecule has 1 amide bonds. The highest BCUT2D eigenvalue weighted by Crippen LogP contribution is 2.29. The number of amides is 1. The molecule has 0 bridgehead atoms. The lowest BCUT2D eigenvalue weighted by molar-refractivity contribution is 0.0950. The van der Waals surface area contributed by atoms with Crippen LogP contribution in [0.1, 0.15) is 51.3 Å². The summed E-state index contributed by atoms with van der Waals surface area (Å²) in [6, 6.07) is 1.84. The Morgan fingerprint density at radius 3 is 2.69 bits per heavy atom. The van der Waals surface area contributed by atoms with Gasteiger partial charge in [0.1, 0.15) is 0 Å². The number of hydrogen-bond donors (Lipinski definition) is 2. The number of nitrogens with one attached hydrogen (secondary N) is 2. The van der Waals surface area contributed by atoms with Crippen LogP contribution in [-0.4, -0.2) is 25.7 Å². The van der Waals surface area contributed by atoms with E-state index in [9.17, 15) is 9.59 Å². The molecule has 0 spiro atoms. The highest BCUT2D eigenvalue weighted by atomic mass is 16.1. The van der Waals surface area contributed by atoms with Crippen molar-refractivity contribution in [3.05, 3.63) is 68.7 Å². The maximum absolute atomic E-state index is 12.7. The molecule has 0 aliphatic heterocycles. The van der Waals surface area contributed by atoms with E-state index in [1.807, 2.05) is 31.6 Å². The minimum Gasteiger partial charge on any atom is -0.348 e. The second-order valence-corrected chi connectivity index (χ2v) is 7.61. The van der Waals surface area contributed by atoms with Crippen molar-refractivity contribution in [1.29, 1.82) is 0 Å². The van der Waals surface area contributed by atoms with Crippen LogP contribution in [0, 0.1) is 13.8 Å². The van der Waals surface area contributed by atoms with E-state index in [2.05, 4.69) is 20.4 Å². The summed E-state index contributed by atoms with van der Waals surface area (Å²) in [5.41, 5.74) is 7.23. The largest absolute Gasteiger partial charge is 0.348 e. The van der Waals surface area contributed by atoms with Crippen molar-refractivity contribution in [2.45, 2.75) is 46.1 Å². The topological polar surface area (TPSA) is 92.7 Å². The third-order valence-corrected chi connectivity index (χ3v) is 5.81. The third-order valence-electron chi connectivity index (χ3n) is 5.81. The molecule has 0 radical (unpaired) electrons. The molecule has 0 aromatic carbocycles. The molecule has 29 heavy (non-hydrogen) atoms. The molecule has 2 N–H and O–H groups in total. The predicted octanol–water partition coefficient (Wildman–Crippen LogP) is 2.60. The van der Waals surface area contributed by atoms with Crippen LogP contribution in [0.15, 0.2) is 29.5 Å². The van der Waals surface area contributed by atoms with Gasteiger partial charge in [-0.15, -0.1) is 0 Å². The molecule has 4 rings (SSSR count). The summed E-state index contributed by atoms with van der Waals surface area (Å²) < 4.78 is 1.82. The smallest absolute Gasteiger partial charge is 0.253 e. The number of hydrogen-bond acceptors (Lipinski definition) is 4. The minimum atomic E-state index is -0.180. The average Bonchev–Trinajstić information content (AvgIpc) is 2.98. The van der Waals surface area contributed by atoms with Crippen LogP contribution < -0.4 is 10.9 Å². The number of carbonyl (C=O) groups excluding carboxylic acids is 1. The molecule has 1 aliphatic rings. The van der Waals surface area contributed by atoms with E-state index >= 15 is 0 Å². The van der Waals surface area contributed by atoms with Crippen molar-refractivity contribution < 1.29 is 4.79 Å². The quantitative estimate of drug-likeness (QED) is 0.715. The number of pyridine rings is 2. The van der Waals surface area contributed by atoms with Gasteiger partial charge in [0.15, 0.2) is 0 Å². The summed E-state index contributed by atoms with van der Waals surface area (Å²) in [7, 11) is 1.89. The standard InChI is InChI=1S/C22H25N5O2/c1-13-19(14(2)27(3)26-13)11-24-21(28)16-8-15(9-23-10-16)20-12-25-22(29)18-7-5-4-6-17(18)20/h8-10,12H,4-7,11H2,1-3H3,(H,24,28)(H,25,29). The fourth-order valence-corrected chi connectivity index (χ4v) is 4.08. The summed E-state index contributed by atoms with van der Waals surface area (Å²) in [6.07, 6.45) is 8.84. The number of aromatic nitrogens is 4. The highest BCUT2D eigenvalue weighted by Gasteiger charge is 2.19. The van der Waals surface area contributed by atoms with Crippen molar-refractivity contribution in [2.24, 2.45) is 7.05 Å². The first-order chi connectivity index (χ1) is 14.0. The number of fused-ring (bicyclic) bond motifs is 1. The minimum absolute atomic E-state index is 0.00693. The molecule has 7 nitrogen and oxygen atoms in total. The molecule has 0 fully saturated rings. The SMILES string of the molecule is Cc1nn(C)c(C)c1CNC(=O)c1cncc(-c2c[nH]c(=O)c3c2CCCC3)c1. The first-order valence-electron chi connectivity index (χ1n) is 9.92. The first kappa shape index (κ1) is 19.1.